The Labute approximate surface area is 801 Å². The molecule has 0 aromatic heterocycles. The maximum Gasteiger partial charge on any atom is 0.409 e. The topological polar surface area (TPSA) is 458 Å². The van der Waals surface area contributed by atoms with E-state index in [1.165, 1.54) is 68.6 Å². The van der Waals surface area contributed by atoms with E-state index < -0.39 is 184 Å². The Bertz CT molecular complexity index is 4940. The molecule has 39 heteroatoms. The number of hydrogen-bond acceptors (Lipinski definition) is 27. The van der Waals surface area contributed by atoms with Crippen molar-refractivity contribution in [3.05, 3.63) is 93.0 Å². The van der Waals surface area contributed by atoms with Crippen LogP contribution < -0.4 is 41.0 Å². The summed E-state index contributed by atoms with van der Waals surface area (Å²) in [6.45, 7) is 21.2. The van der Waals surface area contributed by atoms with Crippen molar-refractivity contribution in [3.63, 3.8) is 0 Å². The zero-order valence-corrected chi connectivity index (χ0v) is 82.8. The molecular weight excluding hydrogens is 1820 g/mol. The fraction of sp³-hybridized carbons (Fsp3) is 0.653. The number of nitrogens with zero attached hydrogens (tertiary/aromatic N) is 6. The van der Waals surface area contributed by atoms with Crippen molar-refractivity contribution in [2.45, 2.75) is 277 Å². The van der Waals surface area contributed by atoms with Gasteiger partial charge in [0.15, 0.2) is 0 Å². The van der Waals surface area contributed by atoms with Crippen molar-refractivity contribution in [2.24, 2.45) is 47.2 Å². The Morgan fingerprint density at radius 3 is 1.51 bits per heavy atom. The van der Waals surface area contributed by atoms with Crippen LogP contribution in [0.5, 0.6) is 11.5 Å². The van der Waals surface area contributed by atoms with Crippen LogP contribution in [0.3, 0.4) is 0 Å². The molecule has 8 aliphatic rings. The zero-order valence-electron chi connectivity index (χ0n) is 79.7. The number of benzene rings is 2. The zero-order chi connectivity index (χ0) is 98.6. The molecule has 8 heterocycles. The second-order valence-corrected chi connectivity index (χ2v) is 41.0. The number of carbonyl (C=O) groups excluding carboxylic acids is 13. The second-order valence-electron chi connectivity index (χ2n) is 37.2. The summed E-state index contributed by atoms with van der Waals surface area (Å²) in [5.74, 6) is -8.62. The number of thioether (sulfide) groups is 1. The molecule has 10 amide bonds. The number of rotatable bonds is 30. The summed E-state index contributed by atoms with van der Waals surface area (Å²) < 4.78 is 75.3. The van der Waals surface area contributed by atoms with Crippen molar-refractivity contribution >= 4 is 134 Å². The molecule has 17 unspecified atom stereocenters. The van der Waals surface area contributed by atoms with Gasteiger partial charge in [-0.1, -0.05) is 139 Å². The van der Waals surface area contributed by atoms with Gasteiger partial charge in [0.25, 0.3) is 0 Å². The van der Waals surface area contributed by atoms with Gasteiger partial charge in [0.05, 0.1) is 56.4 Å². The monoisotopic (exact) mass is 1950 g/mol. The number of hydrogen-bond donors (Lipinski definition) is 6. The normalized spacial score (nSPS) is 30.1. The lowest BCUT2D eigenvalue weighted by atomic mass is 9.82. The van der Waals surface area contributed by atoms with Gasteiger partial charge in [0, 0.05) is 127 Å². The summed E-state index contributed by atoms with van der Waals surface area (Å²) in [6.07, 6.45) is 8.93. The van der Waals surface area contributed by atoms with Crippen LogP contribution in [0, 0.1) is 41.4 Å². The van der Waals surface area contributed by atoms with Crippen LogP contribution in [0.4, 0.5) is 21.0 Å². The molecule has 134 heavy (non-hydrogen) atoms. The molecule has 8 bridgehead atoms. The van der Waals surface area contributed by atoms with Gasteiger partial charge in [-0.15, -0.1) is 0 Å². The fourth-order valence-electron chi connectivity index (χ4n) is 17.8. The number of methoxy groups -OCH3 is 2. The quantitative estimate of drug-likeness (QED) is 0.0139. The number of anilines is 2. The first kappa shape index (κ1) is 110. The summed E-state index contributed by atoms with van der Waals surface area (Å²) in [6, 6.07) is 3.42. The number of nitrogens with two attached hydrogens (primary N) is 1. The Balaban J connectivity index is 0.000000332. The van der Waals surface area contributed by atoms with Crippen molar-refractivity contribution in [1.29, 1.82) is 0 Å². The number of amides is 10. The summed E-state index contributed by atoms with van der Waals surface area (Å²) >= 11 is 14.9. The number of alkyl carbamates (subject to hydrolysis) is 2. The van der Waals surface area contributed by atoms with E-state index in [-0.39, 0.29) is 116 Å². The lowest BCUT2D eigenvalue weighted by molar-refractivity contribution is -0.162. The van der Waals surface area contributed by atoms with Crippen molar-refractivity contribution in [3.8, 4) is 11.5 Å². The Kier molecular flexibility index (Phi) is 38.6. The largest absolute Gasteiger partial charge is 0.495 e. The molecule has 7 N–H and O–H groups in total. The SMILES string of the molecule is C.COc1cc2cc(c1Cl)N(C)C(=O)CC(OC(=O)[C@H](C)N(C)C(=O)C(CSC)NC(=O)[C@@H](CCCCN)CC(=O)CCN1C(=O)CC(C)C1=O)C1(C)OC1C(C)C1CC(O)(NC(=O)O1)C(C)/C=C/C=C(\C)C2.COc1cc2cc(c1Cl)N(C)C(=O)CC(OC(=O)[C@H](C)N(C)S(=O)(=O)CCCCCCN1C(=O)CC(C)C1=O)C1(C)OC1C(C)C1CC(O)(NC(=O)O1)C(C)/C=C/C=C(\C)C2. The predicted molar refractivity (Wildman–Crippen MR) is 505 cm³/mol. The van der Waals surface area contributed by atoms with E-state index in [2.05, 4.69) is 16.0 Å². The van der Waals surface area contributed by atoms with Gasteiger partial charge in [-0.05, 0) is 128 Å². The van der Waals surface area contributed by atoms with E-state index in [9.17, 15) is 81.0 Å². The minimum absolute atomic E-state index is 0. The molecule has 35 nitrogen and oxygen atoms in total. The standard InChI is InChI=1S/C51H73ClN6O13S.C43H61ClN4O12S.CH4/c1-28-14-13-15-30(3)51(67)26-39(69-49(66)55-51)31(4)44-50(6,71-44)40(25-41(60)57(8)37-22-33(20-28)23-38(68-9)43(37)52)70-48(65)32(5)56(7)47(64)36(27-72-10)54-45(62)34(16-11-12-18-53)24-35(59)17-19-58-42(61)21-29(2)46(58)63;1-25-15-14-16-27(3)43(54)24-33(58-41(53)45-43)28(4)38-42(6,60-38)34(23-35(49)46(7)31-21-30(19-25)22-32(57-9)37(31)44)59-40(52)29(5)47(8)61(55,56)18-13-11-10-12-17-48-36(50)20-26(2)39(48)51;/h13-15,22-23,29-32,34,36,39-40,44,67H,11-12,16-21,24-27,53H2,1-10H3,(H,54,62)(H,55,66);14-16,21-22,26-29,33-34,38,54H,10-13,17-20,23-24H2,1-9H3,(H,45,53);1H4/b15-13+,28-14+;16-14+,25-15+;/t29?,30?,31?,32-,34-,36?,39?,40?,44?,50?,51?;26?,27?,28?,29-,33?,34?,38?,42?,43?;/m00./s1. The van der Waals surface area contributed by atoms with Crippen LogP contribution >= 0.6 is 35.0 Å². The molecule has 0 radical (unpaired) electrons. The van der Waals surface area contributed by atoms with E-state index >= 15 is 0 Å². The minimum atomic E-state index is -3.95. The average molecular weight is 1960 g/mol. The molecule has 0 spiro atoms. The lowest BCUT2D eigenvalue weighted by Crippen LogP contribution is -2.60. The van der Waals surface area contributed by atoms with E-state index in [4.69, 9.17) is 66.8 Å². The maximum atomic E-state index is 14.4. The number of fused-ring (bicyclic) bond motifs is 10. The maximum absolute atomic E-state index is 14.4. The molecule has 2 aromatic rings. The number of ketones is 1. The highest BCUT2D eigenvalue weighted by molar-refractivity contribution is 7.98. The van der Waals surface area contributed by atoms with E-state index in [1.54, 1.807) is 112 Å². The molecule has 20 atom stereocenters. The summed E-state index contributed by atoms with van der Waals surface area (Å²) in [5.41, 5.74) is 3.90. The van der Waals surface area contributed by atoms with Crippen molar-refractivity contribution in [2.75, 3.05) is 89.6 Å². The molecular formula is C95H138Cl2N10O25S2. The van der Waals surface area contributed by atoms with Crippen molar-refractivity contribution in [1.82, 2.24) is 35.0 Å². The molecule has 744 valence electrons. The average Bonchev–Trinajstić information content (AvgIpc) is 1.58. The highest BCUT2D eigenvalue weighted by Gasteiger charge is 2.66. The van der Waals surface area contributed by atoms with Gasteiger partial charge in [0.2, 0.25) is 57.3 Å². The van der Waals surface area contributed by atoms with Gasteiger partial charge in [0.1, 0.15) is 92.5 Å². The summed E-state index contributed by atoms with van der Waals surface area (Å²) in [7, 11) is 4.76. The highest BCUT2D eigenvalue weighted by Crippen LogP contribution is 2.52. The summed E-state index contributed by atoms with van der Waals surface area (Å²) in [4.78, 5) is 180. The first-order chi connectivity index (χ1) is 62.4. The molecule has 0 saturated carbocycles. The van der Waals surface area contributed by atoms with Crippen LogP contribution in [0.25, 0.3) is 0 Å². The van der Waals surface area contributed by atoms with Crippen molar-refractivity contribution < 1.29 is 119 Å². The molecule has 2 aromatic carbocycles. The Hall–Kier alpha value is -9.05. The van der Waals surface area contributed by atoms with Gasteiger partial charge in [-0.2, -0.15) is 16.1 Å². The molecule has 10 rings (SSSR count). The van der Waals surface area contributed by atoms with E-state index in [1.807, 2.05) is 38.2 Å². The molecule has 6 saturated heterocycles. The number of halogens is 2. The number of epoxide rings is 2. The second kappa shape index (κ2) is 46.9. The van der Waals surface area contributed by atoms with Crippen LogP contribution in [0.2, 0.25) is 10.0 Å². The predicted octanol–water partition coefficient (Wildman–Crippen LogP) is 10.0. The number of carbonyl (C=O) groups is 13. The van der Waals surface area contributed by atoms with E-state index in [0.717, 1.165) is 36.4 Å². The number of esters is 2. The van der Waals surface area contributed by atoms with Gasteiger partial charge in [-0.3, -0.25) is 68.4 Å². The Morgan fingerprint density at radius 2 is 1.08 bits per heavy atom. The number of ether oxygens (including phenoxy) is 8. The van der Waals surface area contributed by atoms with Crippen LogP contribution in [-0.2, 0) is 104 Å². The first-order valence-electron chi connectivity index (χ1n) is 45.5. The Morgan fingerprint density at radius 1 is 0.642 bits per heavy atom. The molecule has 8 aliphatic heterocycles. The number of nitrogens with one attached hydrogen (secondary N) is 3. The van der Waals surface area contributed by atoms with Gasteiger partial charge in [-0.25, -0.2) is 22.8 Å². The number of Topliss-reactive ketones (excluding diaryl/α,β-unsaturated/α-hetero) is 1. The third-order valence-corrected chi connectivity index (χ3v) is 30.6. The van der Waals surface area contributed by atoms with Crippen LogP contribution in [0.1, 0.15) is 198 Å². The number of likely N-dealkylation sites (tertiary alicyclic amines) is 2. The number of aliphatic hydroxyl groups is 2. The van der Waals surface area contributed by atoms with Gasteiger partial charge < -0.3 is 73.9 Å². The number of imide groups is 2. The smallest absolute Gasteiger partial charge is 0.409 e. The minimum Gasteiger partial charge on any atom is -0.495 e. The number of sulfonamides is 1. The van der Waals surface area contributed by atoms with Crippen LogP contribution in [-0.4, -0.2) is 272 Å². The lowest BCUT2D eigenvalue weighted by Gasteiger charge is -2.41. The third-order valence-electron chi connectivity index (χ3n) is 27.2. The number of likely N-dealkylation sites (N-methyl/N-ethyl adjacent to an activating group) is 2. The highest BCUT2D eigenvalue weighted by atomic mass is 35.5. The van der Waals surface area contributed by atoms with Gasteiger partial charge >= 0.3 is 24.1 Å². The number of unbranched alkanes of at least 4 members (excludes halogenated alkanes) is 4. The molecule has 6 fully saturated rings. The number of allylic oxidation sites excluding steroid dienone is 6. The third kappa shape index (κ3) is 26.6. The molecule has 0 aliphatic carbocycles. The fourth-order valence-corrected chi connectivity index (χ4v) is 20.4. The van der Waals surface area contributed by atoms with Crippen LogP contribution in [0.15, 0.2) is 71.9 Å². The van der Waals surface area contributed by atoms with E-state index in [0.29, 0.717) is 87.3 Å². The first-order valence-corrected chi connectivity index (χ1v) is 49.2. The summed E-state index contributed by atoms with van der Waals surface area (Å²) in [5, 5.41) is 31.9.